The van der Waals surface area contributed by atoms with Crippen molar-refractivity contribution in [2.24, 2.45) is 0 Å². The van der Waals surface area contributed by atoms with Crippen molar-refractivity contribution in [3.05, 3.63) is 341 Å². The molecule has 0 heterocycles. The molecule has 12 aromatic carbocycles. The minimum Gasteiger partial charge on any atom is -0.311 e. The Balaban J connectivity index is 0.806. The van der Waals surface area contributed by atoms with Gasteiger partial charge in [0.15, 0.2) is 0 Å². The minimum atomic E-state index is -0.407. The lowest BCUT2D eigenvalue weighted by atomic mass is 9.70. The molecule has 3 aliphatic carbocycles. The first-order valence-electron chi connectivity index (χ1n) is 27.9. The van der Waals surface area contributed by atoms with Crippen LogP contribution in [0, 0.1) is 0 Å². The molecule has 0 aliphatic heterocycles. The van der Waals surface area contributed by atoms with E-state index >= 15 is 0 Å². The van der Waals surface area contributed by atoms with E-state index < -0.39 is 5.41 Å². The Morgan fingerprint density at radius 1 is 0.304 bits per heavy atom. The van der Waals surface area contributed by atoms with E-state index in [0.29, 0.717) is 0 Å². The van der Waals surface area contributed by atoms with Crippen LogP contribution in [0.4, 0.5) is 17.1 Å². The Morgan fingerprint density at radius 3 is 1.19 bits per heavy atom. The molecule has 1 heteroatoms. The number of nitrogens with zero attached hydrogens (tertiary/aromatic N) is 1. The van der Waals surface area contributed by atoms with Crippen molar-refractivity contribution in [1.82, 2.24) is 0 Å². The molecule has 0 amide bonds. The summed E-state index contributed by atoms with van der Waals surface area (Å²) in [7, 11) is 0. The Morgan fingerprint density at radius 2 is 0.684 bits per heavy atom. The lowest BCUT2D eigenvalue weighted by Crippen LogP contribution is -2.26. The smallest absolute Gasteiger partial charge is 0.0725 e. The molecular weight excluding hydrogens is 951 g/mol. The van der Waals surface area contributed by atoms with Gasteiger partial charge in [-0.3, -0.25) is 0 Å². The van der Waals surface area contributed by atoms with Crippen molar-refractivity contribution in [2.75, 3.05) is 4.90 Å². The second kappa shape index (κ2) is 18.6. The van der Waals surface area contributed by atoms with Crippen LogP contribution in [0.15, 0.2) is 291 Å². The standard InChI is InChI=1S/C78H57N/c1-77(2)70-27-13-9-22-63(70)66-49-42-59(51-75(66)77)69(67-26-17-31-74-76(67)68-25-12-16-30-73(68)78(74)71-28-14-10-23-64(71)65-24-11-15-29-72(65)78)50-52-32-34-55(35-33-52)58-40-47-62(48-41-58)79(60-43-36-56(37-44-60)53-18-5-3-6-19-53)61-45-38-57(39-46-61)54-20-7-4-8-21-54/h3-49,51,69H,50H2,1-2H3. The highest BCUT2D eigenvalue weighted by Crippen LogP contribution is 2.64. The zero-order chi connectivity index (χ0) is 52.7. The van der Waals surface area contributed by atoms with E-state index in [9.17, 15) is 0 Å². The third-order valence-corrected chi connectivity index (χ3v) is 17.8. The number of hydrogen-bond donors (Lipinski definition) is 0. The molecule has 0 saturated heterocycles. The maximum Gasteiger partial charge on any atom is 0.0725 e. The summed E-state index contributed by atoms with van der Waals surface area (Å²) in [6, 6.07) is 109. The fourth-order valence-corrected chi connectivity index (χ4v) is 14.0. The molecule has 0 N–H and O–H groups in total. The van der Waals surface area contributed by atoms with Crippen molar-refractivity contribution < 1.29 is 0 Å². The minimum absolute atomic E-state index is 0.0782. The second-order valence-electron chi connectivity index (χ2n) is 22.3. The molecule has 1 unspecified atom stereocenters. The third kappa shape index (κ3) is 7.45. The number of fused-ring (bicyclic) bond motifs is 13. The zero-order valence-corrected chi connectivity index (χ0v) is 44.4. The monoisotopic (exact) mass is 1010 g/mol. The van der Waals surface area contributed by atoms with E-state index in [1.807, 2.05) is 0 Å². The van der Waals surface area contributed by atoms with E-state index in [1.54, 1.807) is 0 Å². The summed E-state index contributed by atoms with van der Waals surface area (Å²) in [5.74, 6) is 0.0782. The lowest BCUT2D eigenvalue weighted by molar-refractivity contribution is 0.657. The topological polar surface area (TPSA) is 3.24 Å². The Labute approximate surface area is 464 Å². The van der Waals surface area contributed by atoms with Gasteiger partial charge in [-0.15, -0.1) is 0 Å². The predicted octanol–water partition coefficient (Wildman–Crippen LogP) is 20.2. The van der Waals surface area contributed by atoms with Crippen LogP contribution in [-0.4, -0.2) is 0 Å². The van der Waals surface area contributed by atoms with Crippen LogP contribution in [0.25, 0.3) is 66.8 Å². The van der Waals surface area contributed by atoms with Gasteiger partial charge in [0.05, 0.1) is 5.41 Å². The van der Waals surface area contributed by atoms with Crippen LogP contribution in [0.2, 0.25) is 0 Å². The first-order valence-corrected chi connectivity index (χ1v) is 27.9. The molecule has 3 aliphatic rings. The maximum absolute atomic E-state index is 2.56. The molecule has 1 atom stereocenters. The summed E-state index contributed by atoms with van der Waals surface area (Å²) in [6.07, 6.45) is 0.852. The fourth-order valence-electron chi connectivity index (χ4n) is 14.0. The third-order valence-electron chi connectivity index (χ3n) is 17.8. The van der Waals surface area contributed by atoms with Crippen molar-refractivity contribution >= 4 is 17.1 Å². The summed E-state index contributed by atoms with van der Waals surface area (Å²) >= 11 is 0. The van der Waals surface area contributed by atoms with Gasteiger partial charge in [0.1, 0.15) is 0 Å². The molecule has 1 nitrogen and oxygen atoms in total. The van der Waals surface area contributed by atoms with Crippen LogP contribution >= 0.6 is 0 Å². The first-order chi connectivity index (χ1) is 38.9. The van der Waals surface area contributed by atoms with Gasteiger partial charge in [0.25, 0.3) is 0 Å². The van der Waals surface area contributed by atoms with E-state index in [0.717, 1.165) is 23.5 Å². The van der Waals surface area contributed by atoms with Crippen LogP contribution < -0.4 is 4.90 Å². The van der Waals surface area contributed by atoms with E-state index in [1.165, 1.54) is 117 Å². The van der Waals surface area contributed by atoms with Gasteiger partial charge in [0.2, 0.25) is 0 Å². The number of rotatable bonds is 10. The molecule has 1 spiro atoms. The van der Waals surface area contributed by atoms with E-state index in [4.69, 9.17) is 0 Å². The molecule has 0 fully saturated rings. The van der Waals surface area contributed by atoms with Gasteiger partial charge >= 0.3 is 0 Å². The van der Waals surface area contributed by atoms with Crippen molar-refractivity contribution in [3.8, 4) is 66.8 Å². The summed E-state index contributed by atoms with van der Waals surface area (Å²) in [6.45, 7) is 4.81. The first kappa shape index (κ1) is 46.7. The van der Waals surface area contributed by atoms with Crippen LogP contribution in [0.1, 0.15) is 69.8 Å². The molecule has 0 saturated carbocycles. The number of hydrogen-bond acceptors (Lipinski definition) is 1. The zero-order valence-electron chi connectivity index (χ0n) is 44.4. The molecule has 79 heavy (non-hydrogen) atoms. The van der Waals surface area contributed by atoms with Crippen LogP contribution in [0.3, 0.4) is 0 Å². The summed E-state index contributed by atoms with van der Waals surface area (Å²) in [5, 5.41) is 0. The van der Waals surface area contributed by atoms with Gasteiger partial charge in [-0.1, -0.05) is 269 Å². The Kier molecular flexibility index (Phi) is 11.0. The molecule has 374 valence electrons. The number of benzene rings is 12. The highest BCUT2D eigenvalue weighted by atomic mass is 15.1. The average Bonchev–Trinajstić information content (AvgIpc) is 3.68. The Bertz CT molecular complexity index is 4130. The SMILES string of the molecule is CC1(C)c2ccccc2-c2ccc(C(Cc3ccc(-c4ccc(N(c5ccc(-c6ccccc6)cc5)c5ccc(-c6ccccc6)cc5)cc4)cc3)c3cccc4c3-c3ccccc3C43c4ccccc4-c4ccccc43)cc21. The van der Waals surface area contributed by atoms with Crippen LogP contribution in [-0.2, 0) is 17.3 Å². The molecule has 15 rings (SSSR count). The van der Waals surface area contributed by atoms with Crippen molar-refractivity contribution in [3.63, 3.8) is 0 Å². The summed E-state index contributed by atoms with van der Waals surface area (Å²) < 4.78 is 0. The quantitative estimate of drug-likeness (QED) is 0.132. The van der Waals surface area contributed by atoms with Crippen LogP contribution in [0.5, 0.6) is 0 Å². The van der Waals surface area contributed by atoms with Gasteiger partial charge in [-0.05, 0) is 160 Å². The molecular formula is C78H57N. The normalized spacial score (nSPS) is 13.9. The maximum atomic E-state index is 2.56. The van der Waals surface area contributed by atoms with Gasteiger partial charge in [-0.2, -0.15) is 0 Å². The lowest BCUT2D eigenvalue weighted by Gasteiger charge is -2.31. The summed E-state index contributed by atoms with van der Waals surface area (Å²) in [5.41, 5.74) is 30.4. The van der Waals surface area contributed by atoms with Crippen molar-refractivity contribution in [1.29, 1.82) is 0 Å². The second-order valence-corrected chi connectivity index (χ2v) is 22.3. The Hall–Kier alpha value is -9.56. The molecule has 0 radical (unpaired) electrons. The molecule has 0 aromatic heterocycles. The average molecular weight is 1010 g/mol. The molecule has 0 bridgehead atoms. The van der Waals surface area contributed by atoms with Gasteiger partial charge in [0, 0.05) is 28.4 Å². The van der Waals surface area contributed by atoms with Crippen molar-refractivity contribution in [2.45, 2.75) is 37.0 Å². The van der Waals surface area contributed by atoms with E-state index in [2.05, 4.69) is 310 Å². The highest BCUT2D eigenvalue weighted by molar-refractivity contribution is 5.96. The summed E-state index contributed by atoms with van der Waals surface area (Å²) in [4.78, 5) is 2.36. The van der Waals surface area contributed by atoms with Gasteiger partial charge < -0.3 is 4.90 Å². The highest BCUT2D eigenvalue weighted by Gasteiger charge is 2.52. The molecule has 12 aromatic rings. The van der Waals surface area contributed by atoms with E-state index in [-0.39, 0.29) is 11.3 Å². The van der Waals surface area contributed by atoms with Gasteiger partial charge in [-0.25, -0.2) is 0 Å². The largest absolute Gasteiger partial charge is 0.311 e. The predicted molar refractivity (Wildman–Crippen MR) is 330 cm³/mol. The number of anilines is 3. The fraction of sp³-hybridized carbons (Fsp3) is 0.0769.